The van der Waals surface area contributed by atoms with Crippen LogP contribution in [0.5, 0.6) is 0 Å². The van der Waals surface area contributed by atoms with E-state index in [4.69, 9.17) is 4.42 Å². The summed E-state index contributed by atoms with van der Waals surface area (Å²) in [7, 11) is 0. The molecular formula is C14H13N3O4. The molecule has 2 aromatic rings. The maximum Gasteiger partial charge on any atom is 0.307 e. The summed E-state index contributed by atoms with van der Waals surface area (Å²) >= 11 is 0. The lowest BCUT2D eigenvalue weighted by Gasteiger charge is -1.95. The Hall–Kier alpha value is -2.70. The van der Waals surface area contributed by atoms with Crippen LogP contribution in [0.1, 0.15) is 24.4 Å². The highest BCUT2D eigenvalue weighted by Crippen LogP contribution is 2.30. The predicted octanol–water partition coefficient (Wildman–Crippen LogP) is 2.42. The molecule has 0 saturated heterocycles. The summed E-state index contributed by atoms with van der Waals surface area (Å²) in [5.74, 6) is 1.53. The van der Waals surface area contributed by atoms with E-state index in [-0.39, 0.29) is 17.4 Å². The number of nitrogens with zero attached hydrogens (tertiary/aromatic N) is 3. The Morgan fingerprint density at radius 2 is 2.33 bits per heavy atom. The molecule has 0 bridgehead atoms. The normalized spacial score (nSPS) is 14.7. The molecule has 1 aliphatic rings. The van der Waals surface area contributed by atoms with Crippen molar-refractivity contribution in [3.63, 3.8) is 0 Å². The molecule has 0 unspecified atom stereocenters. The molecule has 3 rings (SSSR count). The highest BCUT2D eigenvalue weighted by Gasteiger charge is 2.27. The molecule has 1 saturated carbocycles. The number of hydrogen-bond acceptors (Lipinski definition) is 5. The number of rotatable bonds is 6. The third kappa shape index (κ3) is 3.25. The minimum atomic E-state index is -0.497. The fraction of sp³-hybridized carbons (Fsp3) is 0.286. The van der Waals surface area contributed by atoms with Gasteiger partial charge in [0.25, 0.3) is 0 Å². The summed E-state index contributed by atoms with van der Waals surface area (Å²) in [6.45, 7) is 0.304. The van der Waals surface area contributed by atoms with E-state index in [9.17, 15) is 14.9 Å². The van der Waals surface area contributed by atoms with E-state index in [0.29, 0.717) is 18.1 Å². The van der Waals surface area contributed by atoms with Gasteiger partial charge in [0, 0.05) is 5.92 Å². The van der Waals surface area contributed by atoms with Crippen molar-refractivity contribution in [1.29, 1.82) is 0 Å². The average Bonchev–Trinajstić information content (AvgIpc) is 3.04. The quantitative estimate of drug-likeness (QED) is 0.462. The van der Waals surface area contributed by atoms with Crippen molar-refractivity contribution in [2.24, 2.45) is 5.92 Å². The first-order valence-corrected chi connectivity index (χ1v) is 6.59. The number of furan rings is 1. The molecule has 0 atom stereocenters. The smallest absolute Gasteiger partial charge is 0.307 e. The predicted molar refractivity (Wildman–Crippen MR) is 73.5 cm³/mol. The molecule has 1 aliphatic carbocycles. The summed E-state index contributed by atoms with van der Waals surface area (Å²) in [6, 6.07) is 3.51. The SMILES string of the molecule is O=C(/C=C/c1ccc(Cn2cc([N+](=O)[O-])cn2)o1)C1CC1. The van der Waals surface area contributed by atoms with Gasteiger partial charge in [0.1, 0.15) is 23.9 Å². The van der Waals surface area contributed by atoms with E-state index in [1.165, 1.54) is 17.1 Å². The van der Waals surface area contributed by atoms with Crippen LogP contribution in [0.4, 0.5) is 5.69 Å². The van der Waals surface area contributed by atoms with Crippen LogP contribution in [0, 0.1) is 16.0 Å². The zero-order valence-corrected chi connectivity index (χ0v) is 11.1. The second-order valence-corrected chi connectivity index (χ2v) is 4.97. The Balaban J connectivity index is 1.63. The highest BCUT2D eigenvalue weighted by molar-refractivity contribution is 5.96. The molecule has 1 fully saturated rings. The molecule has 2 heterocycles. The van der Waals surface area contributed by atoms with Gasteiger partial charge in [-0.3, -0.25) is 19.6 Å². The average molecular weight is 287 g/mol. The van der Waals surface area contributed by atoms with Gasteiger partial charge in [0.05, 0.1) is 11.5 Å². The Morgan fingerprint density at radius 1 is 1.52 bits per heavy atom. The Labute approximate surface area is 120 Å². The highest BCUT2D eigenvalue weighted by atomic mass is 16.6. The van der Waals surface area contributed by atoms with E-state index in [0.717, 1.165) is 12.8 Å². The fourth-order valence-corrected chi connectivity index (χ4v) is 1.93. The Morgan fingerprint density at radius 3 is 3.00 bits per heavy atom. The van der Waals surface area contributed by atoms with Crippen molar-refractivity contribution in [3.05, 3.63) is 52.2 Å². The first-order chi connectivity index (χ1) is 10.1. The summed E-state index contributed by atoms with van der Waals surface area (Å²) in [4.78, 5) is 21.6. The summed E-state index contributed by atoms with van der Waals surface area (Å²) < 4.78 is 6.97. The zero-order chi connectivity index (χ0) is 14.8. The summed E-state index contributed by atoms with van der Waals surface area (Å²) in [6.07, 6.45) is 7.68. The van der Waals surface area contributed by atoms with Crippen LogP contribution in [0.3, 0.4) is 0 Å². The number of hydrogen-bond donors (Lipinski definition) is 0. The molecule has 0 aromatic carbocycles. The number of allylic oxidation sites excluding steroid dienone is 1. The van der Waals surface area contributed by atoms with E-state index < -0.39 is 4.92 Å². The number of aromatic nitrogens is 2. The molecule has 108 valence electrons. The van der Waals surface area contributed by atoms with Crippen LogP contribution >= 0.6 is 0 Å². The molecule has 0 radical (unpaired) electrons. The van der Waals surface area contributed by atoms with E-state index >= 15 is 0 Å². The van der Waals surface area contributed by atoms with Crippen molar-refractivity contribution in [3.8, 4) is 0 Å². The van der Waals surface area contributed by atoms with Crippen molar-refractivity contribution in [2.75, 3.05) is 0 Å². The molecule has 0 spiro atoms. The van der Waals surface area contributed by atoms with Crippen LogP contribution in [0.15, 0.2) is 35.0 Å². The van der Waals surface area contributed by atoms with Crippen molar-refractivity contribution < 1.29 is 14.1 Å². The zero-order valence-electron chi connectivity index (χ0n) is 11.1. The molecule has 2 aromatic heterocycles. The van der Waals surface area contributed by atoms with Crippen LogP contribution in [0.2, 0.25) is 0 Å². The second kappa shape index (κ2) is 5.35. The van der Waals surface area contributed by atoms with Gasteiger partial charge in [-0.05, 0) is 37.1 Å². The fourth-order valence-electron chi connectivity index (χ4n) is 1.93. The van der Waals surface area contributed by atoms with Crippen LogP contribution in [0.25, 0.3) is 6.08 Å². The number of carbonyl (C=O) groups is 1. The molecule has 0 amide bonds. The van der Waals surface area contributed by atoms with Crippen LogP contribution < -0.4 is 0 Å². The van der Waals surface area contributed by atoms with Gasteiger partial charge in [-0.25, -0.2) is 0 Å². The van der Waals surface area contributed by atoms with Gasteiger partial charge in [-0.2, -0.15) is 5.10 Å². The molecule has 0 N–H and O–H groups in total. The molecular weight excluding hydrogens is 274 g/mol. The minimum Gasteiger partial charge on any atom is -0.460 e. The monoisotopic (exact) mass is 287 g/mol. The Kier molecular flexibility index (Phi) is 3.39. The maximum absolute atomic E-state index is 11.5. The van der Waals surface area contributed by atoms with Gasteiger partial charge >= 0.3 is 5.69 Å². The first kappa shape index (κ1) is 13.3. The lowest BCUT2D eigenvalue weighted by Crippen LogP contribution is -1.98. The van der Waals surface area contributed by atoms with Crippen LogP contribution in [-0.4, -0.2) is 20.5 Å². The number of nitro groups is 1. The van der Waals surface area contributed by atoms with Gasteiger partial charge in [0.15, 0.2) is 5.78 Å². The standard InChI is InChI=1S/C14H13N3O4/c18-14(10-1-2-10)6-5-12-3-4-13(21-12)9-16-8-11(7-15-16)17(19)20/h3-8,10H,1-2,9H2/b6-5+. The molecule has 7 nitrogen and oxygen atoms in total. The van der Waals surface area contributed by atoms with E-state index in [1.807, 2.05) is 0 Å². The molecule has 7 heteroatoms. The van der Waals surface area contributed by atoms with Gasteiger partial charge in [-0.1, -0.05) is 0 Å². The topological polar surface area (TPSA) is 91.2 Å². The molecule has 0 aliphatic heterocycles. The van der Waals surface area contributed by atoms with Gasteiger partial charge < -0.3 is 4.42 Å². The lowest BCUT2D eigenvalue weighted by atomic mass is 10.2. The van der Waals surface area contributed by atoms with E-state index in [1.54, 1.807) is 24.3 Å². The number of ketones is 1. The van der Waals surface area contributed by atoms with Crippen molar-refractivity contribution >= 4 is 17.5 Å². The van der Waals surface area contributed by atoms with Gasteiger partial charge in [0.2, 0.25) is 0 Å². The minimum absolute atomic E-state index is 0.0586. The summed E-state index contributed by atoms with van der Waals surface area (Å²) in [5, 5.41) is 14.5. The first-order valence-electron chi connectivity index (χ1n) is 6.59. The third-order valence-electron chi connectivity index (χ3n) is 3.22. The summed E-state index contributed by atoms with van der Waals surface area (Å²) in [5.41, 5.74) is -0.0586. The lowest BCUT2D eigenvalue weighted by molar-refractivity contribution is -0.385. The largest absolute Gasteiger partial charge is 0.460 e. The van der Waals surface area contributed by atoms with Crippen molar-refractivity contribution in [2.45, 2.75) is 19.4 Å². The third-order valence-corrected chi connectivity index (χ3v) is 3.22. The second-order valence-electron chi connectivity index (χ2n) is 4.97. The number of carbonyl (C=O) groups excluding carboxylic acids is 1. The van der Waals surface area contributed by atoms with E-state index in [2.05, 4.69) is 5.10 Å². The van der Waals surface area contributed by atoms with Gasteiger partial charge in [-0.15, -0.1) is 0 Å². The van der Waals surface area contributed by atoms with Crippen molar-refractivity contribution in [1.82, 2.24) is 9.78 Å². The van der Waals surface area contributed by atoms with Crippen LogP contribution in [-0.2, 0) is 11.3 Å². The molecule has 21 heavy (non-hydrogen) atoms. The maximum atomic E-state index is 11.5. The Bertz CT molecular complexity index is 709.